The van der Waals surface area contributed by atoms with Crippen molar-refractivity contribution in [2.45, 2.75) is 13.0 Å². The van der Waals surface area contributed by atoms with Gasteiger partial charge >= 0.3 is 0 Å². The second-order valence-corrected chi connectivity index (χ2v) is 5.50. The first-order valence-electron chi connectivity index (χ1n) is 6.58. The number of hydrogen-bond acceptors (Lipinski definition) is 4. The molecule has 0 aromatic heterocycles. The Bertz CT molecular complexity index is 475. The first-order chi connectivity index (χ1) is 9.61. The number of benzene rings is 1. The summed E-state index contributed by atoms with van der Waals surface area (Å²) in [7, 11) is 1.62. The van der Waals surface area contributed by atoms with Gasteiger partial charge in [0.15, 0.2) is 0 Å². The number of carbonyl (C=O) groups is 1. The van der Waals surface area contributed by atoms with Gasteiger partial charge in [-0.25, -0.2) is 0 Å². The number of rotatable bonds is 4. The summed E-state index contributed by atoms with van der Waals surface area (Å²) in [5, 5.41) is 3.22. The van der Waals surface area contributed by atoms with E-state index in [0.717, 1.165) is 15.9 Å². The number of ether oxygens (including phenoxy) is 2. The van der Waals surface area contributed by atoms with Crippen molar-refractivity contribution in [3.8, 4) is 5.75 Å². The molecular weight excluding hydrogens is 324 g/mol. The first-order valence-corrected chi connectivity index (χ1v) is 7.37. The van der Waals surface area contributed by atoms with Gasteiger partial charge in [-0.2, -0.15) is 0 Å². The average molecular weight is 343 g/mol. The monoisotopic (exact) mass is 342 g/mol. The summed E-state index contributed by atoms with van der Waals surface area (Å²) in [6, 6.07) is 5.33. The molecule has 1 heterocycles. The van der Waals surface area contributed by atoms with Crippen molar-refractivity contribution in [2.75, 3.05) is 38.7 Å². The van der Waals surface area contributed by atoms with E-state index >= 15 is 0 Å². The van der Waals surface area contributed by atoms with E-state index in [2.05, 4.69) is 21.2 Å². The van der Waals surface area contributed by atoms with Crippen LogP contribution in [0.2, 0.25) is 0 Å². The average Bonchev–Trinajstić information content (AvgIpc) is 2.49. The van der Waals surface area contributed by atoms with Crippen LogP contribution in [-0.2, 0) is 9.53 Å². The third-order valence-electron chi connectivity index (χ3n) is 3.24. The van der Waals surface area contributed by atoms with Crippen molar-refractivity contribution in [3.63, 3.8) is 0 Å². The Hall–Kier alpha value is -1.27. The number of nitrogens with zero attached hydrogens (tertiary/aromatic N) is 1. The minimum atomic E-state index is -0.295. The van der Waals surface area contributed by atoms with Crippen LogP contribution in [-0.4, -0.2) is 50.3 Å². The fourth-order valence-electron chi connectivity index (χ4n) is 2.09. The Morgan fingerprint density at radius 3 is 2.80 bits per heavy atom. The maximum Gasteiger partial charge on any atom is 0.244 e. The maximum absolute atomic E-state index is 12.3. The van der Waals surface area contributed by atoms with Crippen LogP contribution in [0.15, 0.2) is 22.7 Å². The predicted octanol–water partition coefficient (Wildman–Crippen LogP) is 2.12. The highest BCUT2D eigenvalue weighted by molar-refractivity contribution is 9.10. The van der Waals surface area contributed by atoms with Crippen LogP contribution in [0.25, 0.3) is 0 Å². The van der Waals surface area contributed by atoms with Gasteiger partial charge in [0.05, 0.1) is 26.0 Å². The van der Waals surface area contributed by atoms with E-state index in [1.807, 2.05) is 30.0 Å². The normalized spacial score (nSPS) is 16.6. The summed E-state index contributed by atoms with van der Waals surface area (Å²) in [6.45, 7) is 4.40. The van der Waals surface area contributed by atoms with Gasteiger partial charge in [-0.1, -0.05) is 0 Å². The fourth-order valence-corrected chi connectivity index (χ4v) is 2.46. The molecule has 1 N–H and O–H groups in total. The van der Waals surface area contributed by atoms with Crippen LogP contribution in [0.5, 0.6) is 5.75 Å². The van der Waals surface area contributed by atoms with Crippen LogP contribution in [0.3, 0.4) is 0 Å². The van der Waals surface area contributed by atoms with Gasteiger partial charge in [0.25, 0.3) is 0 Å². The summed E-state index contributed by atoms with van der Waals surface area (Å²) >= 11 is 3.47. The molecule has 1 aromatic carbocycles. The number of anilines is 1. The molecule has 110 valence electrons. The number of hydrogen-bond donors (Lipinski definition) is 1. The molecular formula is C14H19BrN2O3. The second-order valence-electron chi connectivity index (χ2n) is 4.65. The van der Waals surface area contributed by atoms with E-state index < -0.39 is 0 Å². The fraction of sp³-hybridized carbons (Fsp3) is 0.500. The lowest BCUT2D eigenvalue weighted by molar-refractivity contribution is -0.135. The van der Waals surface area contributed by atoms with Gasteiger partial charge in [-0.05, 0) is 35.0 Å². The van der Waals surface area contributed by atoms with E-state index in [0.29, 0.717) is 26.3 Å². The molecule has 1 saturated heterocycles. The molecule has 1 aliphatic rings. The summed E-state index contributed by atoms with van der Waals surface area (Å²) < 4.78 is 11.4. The van der Waals surface area contributed by atoms with E-state index in [1.165, 1.54) is 0 Å². The second kappa shape index (κ2) is 6.95. The van der Waals surface area contributed by atoms with Gasteiger partial charge < -0.3 is 19.7 Å². The van der Waals surface area contributed by atoms with Crippen molar-refractivity contribution in [1.82, 2.24) is 4.90 Å². The summed E-state index contributed by atoms with van der Waals surface area (Å²) in [6.07, 6.45) is 0. The van der Waals surface area contributed by atoms with Crippen molar-refractivity contribution >= 4 is 27.5 Å². The highest BCUT2D eigenvalue weighted by atomic mass is 79.9. The summed E-state index contributed by atoms with van der Waals surface area (Å²) in [5.74, 6) is 0.838. The molecule has 0 bridgehead atoms. The predicted molar refractivity (Wildman–Crippen MR) is 81.2 cm³/mol. The SMILES string of the molecule is COc1ccc(Br)c(NC(C)C(=O)N2CCOCC2)c1. The molecule has 20 heavy (non-hydrogen) atoms. The van der Waals surface area contributed by atoms with Crippen LogP contribution in [0, 0.1) is 0 Å². The molecule has 0 radical (unpaired) electrons. The molecule has 2 rings (SSSR count). The highest BCUT2D eigenvalue weighted by Crippen LogP contribution is 2.27. The maximum atomic E-state index is 12.3. The standard InChI is InChI=1S/C14H19BrN2O3/c1-10(14(18)17-5-7-20-8-6-17)16-13-9-11(19-2)3-4-12(13)15/h3-4,9-10,16H,5-8H2,1-2H3. The van der Waals surface area contributed by atoms with E-state index in [-0.39, 0.29) is 11.9 Å². The quantitative estimate of drug-likeness (QED) is 0.910. The van der Waals surface area contributed by atoms with Crippen LogP contribution < -0.4 is 10.1 Å². The molecule has 5 nitrogen and oxygen atoms in total. The largest absolute Gasteiger partial charge is 0.497 e. The third kappa shape index (κ3) is 3.64. The first kappa shape index (κ1) is 15.1. The number of carbonyl (C=O) groups excluding carboxylic acids is 1. The molecule has 1 amide bonds. The third-order valence-corrected chi connectivity index (χ3v) is 3.93. The lowest BCUT2D eigenvalue weighted by Crippen LogP contribution is -2.47. The Balaban J connectivity index is 2.03. The molecule has 1 aliphatic heterocycles. The number of methoxy groups -OCH3 is 1. The van der Waals surface area contributed by atoms with Crippen LogP contribution in [0.4, 0.5) is 5.69 Å². The smallest absolute Gasteiger partial charge is 0.244 e. The molecule has 0 saturated carbocycles. The van der Waals surface area contributed by atoms with Crippen LogP contribution >= 0.6 is 15.9 Å². The molecule has 6 heteroatoms. The summed E-state index contributed by atoms with van der Waals surface area (Å²) in [4.78, 5) is 14.2. The van der Waals surface area contributed by atoms with Crippen molar-refractivity contribution in [3.05, 3.63) is 22.7 Å². The van der Waals surface area contributed by atoms with E-state index in [1.54, 1.807) is 7.11 Å². The minimum absolute atomic E-state index is 0.0861. The van der Waals surface area contributed by atoms with E-state index in [4.69, 9.17) is 9.47 Å². The van der Waals surface area contributed by atoms with E-state index in [9.17, 15) is 4.79 Å². The number of morpholine rings is 1. The zero-order valence-corrected chi connectivity index (χ0v) is 13.3. The van der Waals surface area contributed by atoms with Crippen LogP contribution in [0.1, 0.15) is 6.92 Å². The lowest BCUT2D eigenvalue weighted by Gasteiger charge is -2.30. The number of halogens is 1. The Labute approximate surface area is 127 Å². The molecule has 0 spiro atoms. The number of nitrogens with one attached hydrogen (secondary N) is 1. The van der Waals surface area contributed by atoms with Gasteiger partial charge in [0, 0.05) is 23.6 Å². The van der Waals surface area contributed by atoms with Gasteiger partial charge in [0.2, 0.25) is 5.91 Å². The Morgan fingerprint density at radius 1 is 1.45 bits per heavy atom. The molecule has 1 atom stereocenters. The minimum Gasteiger partial charge on any atom is -0.497 e. The lowest BCUT2D eigenvalue weighted by atomic mass is 10.2. The Morgan fingerprint density at radius 2 is 2.15 bits per heavy atom. The topological polar surface area (TPSA) is 50.8 Å². The molecule has 1 aromatic rings. The molecule has 0 aliphatic carbocycles. The van der Waals surface area contributed by atoms with Gasteiger partial charge in [0.1, 0.15) is 11.8 Å². The molecule has 1 unspecified atom stereocenters. The van der Waals surface area contributed by atoms with Gasteiger partial charge in [-0.3, -0.25) is 4.79 Å². The zero-order chi connectivity index (χ0) is 14.5. The zero-order valence-electron chi connectivity index (χ0n) is 11.7. The number of amides is 1. The van der Waals surface area contributed by atoms with Crippen molar-refractivity contribution in [1.29, 1.82) is 0 Å². The summed E-state index contributed by atoms with van der Waals surface area (Å²) in [5.41, 5.74) is 0.846. The van der Waals surface area contributed by atoms with Crippen molar-refractivity contribution < 1.29 is 14.3 Å². The van der Waals surface area contributed by atoms with Crippen molar-refractivity contribution in [2.24, 2.45) is 0 Å². The highest BCUT2D eigenvalue weighted by Gasteiger charge is 2.22. The van der Waals surface area contributed by atoms with Gasteiger partial charge in [-0.15, -0.1) is 0 Å². The Kier molecular flexibility index (Phi) is 5.25. The molecule has 1 fully saturated rings.